The molecule has 8 heteroatoms. The van der Waals surface area contributed by atoms with Crippen LogP contribution < -0.4 is 5.32 Å². The first kappa shape index (κ1) is 26.4. The average molecular weight is 529 g/mol. The van der Waals surface area contributed by atoms with Crippen molar-refractivity contribution >= 4 is 18.0 Å². The summed E-state index contributed by atoms with van der Waals surface area (Å²) < 4.78 is 11.6. The van der Waals surface area contributed by atoms with E-state index >= 15 is 0 Å². The summed E-state index contributed by atoms with van der Waals surface area (Å²) in [6.45, 7) is 3.81. The van der Waals surface area contributed by atoms with Crippen molar-refractivity contribution in [3.8, 4) is 11.1 Å². The van der Waals surface area contributed by atoms with Gasteiger partial charge in [0.05, 0.1) is 12.7 Å². The summed E-state index contributed by atoms with van der Waals surface area (Å²) in [6, 6.07) is 24.6. The number of fused-ring (bicyclic) bond motifs is 3. The molecule has 1 fully saturated rings. The second kappa shape index (κ2) is 10.9. The summed E-state index contributed by atoms with van der Waals surface area (Å²) in [6.07, 6.45) is -1.42. The maximum atomic E-state index is 13.4. The molecule has 0 aromatic heterocycles. The molecule has 3 aromatic carbocycles. The number of aliphatic carboxylic acids is 1. The van der Waals surface area contributed by atoms with E-state index in [1.54, 1.807) is 13.8 Å². The van der Waals surface area contributed by atoms with Crippen LogP contribution in [0.4, 0.5) is 4.79 Å². The van der Waals surface area contributed by atoms with E-state index in [2.05, 4.69) is 17.4 Å². The van der Waals surface area contributed by atoms with Gasteiger partial charge < -0.3 is 24.8 Å². The molecule has 0 radical (unpaired) electrons. The molecule has 1 heterocycles. The van der Waals surface area contributed by atoms with Gasteiger partial charge in [-0.05, 0) is 41.7 Å². The smallest absolute Gasteiger partial charge is 0.407 e. The Kier molecular flexibility index (Phi) is 7.39. The predicted molar refractivity (Wildman–Crippen MR) is 145 cm³/mol. The van der Waals surface area contributed by atoms with E-state index in [0.717, 1.165) is 27.8 Å². The number of likely N-dealkylation sites (tertiary alicyclic amines) is 1. The molecule has 5 rings (SSSR count). The largest absolute Gasteiger partial charge is 0.481 e. The highest BCUT2D eigenvalue weighted by Crippen LogP contribution is 2.44. The van der Waals surface area contributed by atoms with Crippen LogP contribution in [0.1, 0.15) is 36.5 Å². The molecule has 2 aliphatic rings. The lowest BCUT2D eigenvalue weighted by atomic mass is 9.81. The van der Waals surface area contributed by atoms with E-state index in [1.165, 1.54) is 4.90 Å². The van der Waals surface area contributed by atoms with Crippen LogP contribution in [0.15, 0.2) is 78.9 Å². The topological polar surface area (TPSA) is 105 Å². The first-order valence-corrected chi connectivity index (χ1v) is 13.1. The maximum Gasteiger partial charge on any atom is 0.407 e. The van der Waals surface area contributed by atoms with Crippen LogP contribution in [0, 0.1) is 5.41 Å². The van der Waals surface area contributed by atoms with Crippen LogP contribution in [0.5, 0.6) is 0 Å². The standard InChI is InChI=1S/C31H32N2O6/c1-20(38-16-21-10-4-3-5-11-21)27(28(34)33-18-31(2,19-33)29(35)36)32-30(37)39-17-26-24-14-8-6-12-22(24)23-13-7-9-15-25(23)26/h3-15,20,26-27H,16-19H2,1-2H3,(H,32,37)(H,35,36)/t20-,27+/m0/s1. The number of carbonyl (C=O) groups is 3. The van der Waals surface area contributed by atoms with E-state index in [1.807, 2.05) is 66.7 Å². The molecule has 0 unspecified atom stereocenters. The van der Waals surface area contributed by atoms with Gasteiger partial charge in [-0.3, -0.25) is 9.59 Å². The van der Waals surface area contributed by atoms with Crippen molar-refractivity contribution in [2.45, 2.75) is 38.5 Å². The Morgan fingerprint density at radius 2 is 1.51 bits per heavy atom. The Bertz CT molecular complexity index is 1320. The van der Waals surface area contributed by atoms with Crippen molar-refractivity contribution in [3.63, 3.8) is 0 Å². The minimum absolute atomic E-state index is 0.0649. The molecule has 1 aliphatic heterocycles. The number of ether oxygens (including phenoxy) is 2. The molecule has 8 nitrogen and oxygen atoms in total. The molecule has 0 spiro atoms. The molecule has 202 valence electrons. The second-order valence-corrected chi connectivity index (χ2v) is 10.5. The van der Waals surface area contributed by atoms with Gasteiger partial charge in [0.2, 0.25) is 5.91 Å². The third-order valence-corrected chi connectivity index (χ3v) is 7.62. The van der Waals surface area contributed by atoms with Gasteiger partial charge in [0, 0.05) is 19.0 Å². The highest BCUT2D eigenvalue weighted by atomic mass is 16.5. The SMILES string of the molecule is C[C@H](OCc1ccccc1)[C@@H](NC(=O)OCC1c2ccccc2-c2ccccc21)C(=O)N1CC(C)(C(=O)O)C1. The monoisotopic (exact) mass is 528 g/mol. The number of hydrogen-bond acceptors (Lipinski definition) is 5. The fourth-order valence-corrected chi connectivity index (χ4v) is 5.33. The van der Waals surface area contributed by atoms with Gasteiger partial charge in [-0.25, -0.2) is 4.79 Å². The van der Waals surface area contributed by atoms with Gasteiger partial charge in [0.1, 0.15) is 18.1 Å². The molecule has 39 heavy (non-hydrogen) atoms. The fraction of sp³-hybridized carbons (Fsp3) is 0.323. The third kappa shape index (κ3) is 5.38. The Hall–Kier alpha value is -4.17. The van der Waals surface area contributed by atoms with Gasteiger partial charge in [0.25, 0.3) is 0 Å². The van der Waals surface area contributed by atoms with Crippen LogP contribution in [-0.2, 0) is 25.7 Å². The molecule has 2 N–H and O–H groups in total. The number of amides is 2. The summed E-state index contributed by atoms with van der Waals surface area (Å²) in [4.78, 5) is 39.4. The average Bonchev–Trinajstić information content (AvgIpc) is 3.25. The normalized spacial score (nSPS) is 16.8. The first-order valence-electron chi connectivity index (χ1n) is 13.1. The molecule has 1 saturated heterocycles. The summed E-state index contributed by atoms with van der Waals surface area (Å²) in [7, 11) is 0. The molecule has 2 atom stereocenters. The first-order chi connectivity index (χ1) is 18.8. The number of carboxylic acid groups (broad SMARTS) is 1. The van der Waals surface area contributed by atoms with Gasteiger partial charge in [-0.15, -0.1) is 0 Å². The van der Waals surface area contributed by atoms with Crippen LogP contribution in [0.3, 0.4) is 0 Å². The number of alkyl carbamates (subject to hydrolysis) is 1. The second-order valence-electron chi connectivity index (χ2n) is 10.5. The summed E-state index contributed by atoms with van der Waals surface area (Å²) in [5.74, 6) is -1.47. The van der Waals surface area contributed by atoms with Crippen molar-refractivity contribution in [2.75, 3.05) is 19.7 Å². The number of nitrogens with one attached hydrogen (secondary N) is 1. The Morgan fingerprint density at radius 3 is 2.10 bits per heavy atom. The minimum Gasteiger partial charge on any atom is -0.481 e. The van der Waals surface area contributed by atoms with E-state index in [0.29, 0.717) is 0 Å². The molecule has 1 aliphatic carbocycles. The molecule has 0 bridgehead atoms. The quantitative estimate of drug-likeness (QED) is 0.426. The minimum atomic E-state index is -1.04. The van der Waals surface area contributed by atoms with Gasteiger partial charge >= 0.3 is 12.1 Å². The van der Waals surface area contributed by atoms with Crippen molar-refractivity contribution in [2.24, 2.45) is 5.41 Å². The van der Waals surface area contributed by atoms with Crippen LogP contribution in [0.2, 0.25) is 0 Å². The summed E-state index contributed by atoms with van der Waals surface area (Å²) in [5.41, 5.74) is 4.35. The van der Waals surface area contributed by atoms with Crippen molar-refractivity contribution in [1.82, 2.24) is 10.2 Å². The Labute approximate surface area is 227 Å². The fourth-order valence-electron chi connectivity index (χ4n) is 5.33. The van der Waals surface area contributed by atoms with E-state index in [-0.39, 0.29) is 32.2 Å². The number of hydrogen-bond donors (Lipinski definition) is 2. The van der Waals surface area contributed by atoms with Crippen molar-refractivity contribution in [3.05, 3.63) is 95.6 Å². The van der Waals surface area contributed by atoms with Crippen LogP contribution in [-0.4, -0.2) is 59.8 Å². The number of rotatable bonds is 9. The van der Waals surface area contributed by atoms with E-state index in [4.69, 9.17) is 9.47 Å². The zero-order chi connectivity index (χ0) is 27.6. The third-order valence-electron chi connectivity index (χ3n) is 7.62. The van der Waals surface area contributed by atoms with E-state index in [9.17, 15) is 19.5 Å². The Balaban J connectivity index is 1.27. The van der Waals surface area contributed by atoms with Crippen LogP contribution in [0.25, 0.3) is 11.1 Å². The Morgan fingerprint density at radius 1 is 0.949 bits per heavy atom. The number of carboxylic acids is 1. The molecular weight excluding hydrogens is 496 g/mol. The lowest BCUT2D eigenvalue weighted by Gasteiger charge is -2.46. The van der Waals surface area contributed by atoms with Gasteiger partial charge in [-0.2, -0.15) is 0 Å². The highest BCUT2D eigenvalue weighted by molar-refractivity contribution is 5.89. The lowest BCUT2D eigenvalue weighted by molar-refractivity contribution is -0.166. The van der Waals surface area contributed by atoms with E-state index < -0.39 is 35.5 Å². The summed E-state index contributed by atoms with van der Waals surface area (Å²) in [5, 5.41) is 12.2. The van der Waals surface area contributed by atoms with Crippen molar-refractivity contribution < 1.29 is 29.0 Å². The number of benzene rings is 3. The zero-order valence-electron chi connectivity index (χ0n) is 22.0. The molecule has 2 amide bonds. The molecular formula is C31H32N2O6. The lowest BCUT2D eigenvalue weighted by Crippen LogP contribution is -2.65. The van der Waals surface area contributed by atoms with Crippen molar-refractivity contribution in [1.29, 1.82) is 0 Å². The predicted octanol–water partition coefficient (Wildman–Crippen LogP) is 4.43. The number of nitrogens with zero attached hydrogens (tertiary/aromatic N) is 1. The van der Waals surface area contributed by atoms with Crippen LogP contribution >= 0.6 is 0 Å². The highest BCUT2D eigenvalue weighted by Gasteiger charge is 2.49. The molecule has 3 aromatic rings. The van der Waals surface area contributed by atoms with Gasteiger partial charge in [-0.1, -0.05) is 78.9 Å². The zero-order valence-corrected chi connectivity index (χ0v) is 22.0. The molecule has 0 saturated carbocycles. The maximum absolute atomic E-state index is 13.4. The summed E-state index contributed by atoms with van der Waals surface area (Å²) >= 11 is 0. The number of carbonyl (C=O) groups excluding carboxylic acids is 2. The van der Waals surface area contributed by atoms with Gasteiger partial charge in [0.15, 0.2) is 0 Å².